The van der Waals surface area contributed by atoms with Crippen LogP contribution in [0.25, 0.3) is 0 Å². The first-order valence-electron chi connectivity index (χ1n) is 7.23. The molecule has 0 aliphatic heterocycles. The molecule has 2 aromatic rings. The van der Waals surface area contributed by atoms with E-state index in [2.05, 4.69) is 24.6 Å². The molecule has 7 heteroatoms. The van der Waals surface area contributed by atoms with Crippen molar-refractivity contribution in [3.05, 3.63) is 54.1 Å². The Kier molecular flexibility index (Phi) is 8.27. The number of hydrogen-bond acceptors (Lipinski definition) is 5. The molecule has 2 aromatic carbocycles. The van der Waals surface area contributed by atoms with E-state index in [0.717, 1.165) is 11.3 Å². The predicted octanol–water partition coefficient (Wildman–Crippen LogP) is 3.15. The van der Waals surface area contributed by atoms with Gasteiger partial charge in [0, 0.05) is 10.9 Å². The van der Waals surface area contributed by atoms with Crippen molar-refractivity contribution in [3.63, 3.8) is 0 Å². The van der Waals surface area contributed by atoms with Crippen LogP contribution in [-0.2, 0) is 25.9 Å². The fourth-order valence-electron chi connectivity index (χ4n) is 1.60. The molecule has 0 heterocycles. The van der Waals surface area contributed by atoms with Crippen molar-refractivity contribution in [2.24, 2.45) is 0 Å². The molecule has 5 nitrogen and oxygen atoms in total. The maximum absolute atomic E-state index is 10.4. The molecule has 0 N–H and O–H groups in total. The average Bonchev–Trinajstić information content (AvgIpc) is 2.53. The standard InChI is InChI=1S/C10H15O2S.C7H8O3S/c1-4-11-12-9-5-7-10(8-6-9)13(2)3;1-6-2-4-7(5-3-6)11(8,9)10/h5-8H,4H2,1-3H3;2-5H,1H3,(H,8,9,10)/q+1;/p-1. The van der Waals surface area contributed by atoms with Gasteiger partial charge in [-0.25, -0.2) is 8.42 Å². The first kappa shape index (κ1) is 20.5. The summed E-state index contributed by atoms with van der Waals surface area (Å²) in [5.74, 6) is 0.760. The lowest BCUT2D eigenvalue weighted by atomic mass is 10.2. The van der Waals surface area contributed by atoms with Gasteiger partial charge in [0.05, 0.1) is 11.5 Å². The van der Waals surface area contributed by atoms with Crippen LogP contribution in [0.15, 0.2) is 58.3 Å². The number of hydrogen-bond donors (Lipinski definition) is 0. The molecule has 0 bridgehead atoms. The van der Waals surface area contributed by atoms with E-state index in [1.165, 1.54) is 17.0 Å². The smallest absolute Gasteiger partial charge is 0.165 e. The van der Waals surface area contributed by atoms with Crippen LogP contribution in [0.3, 0.4) is 0 Å². The minimum absolute atomic E-state index is 0.178. The maximum atomic E-state index is 10.4. The molecule has 0 fully saturated rings. The number of rotatable bonds is 5. The summed E-state index contributed by atoms with van der Waals surface area (Å²) < 4.78 is 31.2. The van der Waals surface area contributed by atoms with Gasteiger partial charge in [0.25, 0.3) is 0 Å². The van der Waals surface area contributed by atoms with Gasteiger partial charge >= 0.3 is 0 Å². The zero-order valence-electron chi connectivity index (χ0n) is 14.2. The Labute approximate surface area is 146 Å². The van der Waals surface area contributed by atoms with Gasteiger partial charge in [-0.15, -0.1) is 0 Å². The summed E-state index contributed by atoms with van der Waals surface area (Å²) in [6.45, 7) is 4.28. The van der Waals surface area contributed by atoms with Crippen LogP contribution < -0.4 is 4.89 Å². The van der Waals surface area contributed by atoms with Crippen molar-refractivity contribution in [1.29, 1.82) is 0 Å². The highest BCUT2D eigenvalue weighted by atomic mass is 32.2. The van der Waals surface area contributed by atoms with Crippen molar-refractivity contribution in [2.75, 3.05) is 19.1 Å². The highest BCUT2D eigenvalue weighted by molar-refractivity contribution is 7.95. The monoisotopic (exact) mass is 370 g/mol. The Hall–Kier alpha value is -1.54. The van der Waals surface area contributed by atoms with Crippen LogP contribution in [0.1, 0.15) is 12.5 Å². The topological polar surface area (TPSA) is 75.7 Å². The Bertz CT molecular complexity index is 708. The van der Waals surface area contributed by atoms with E-state index in [1.807, 2.05) is 26.0 Å². The number of aryl methyl sites for hydroxylation is 1. The summed E-state index contributed by atoms with van der Waals surface area (Å²) in [4.78, 5) is 11.0. The molecule has 0 atom stereocenters. The quantitative estimate of drug-likeness (QED) is 0.350. The van der Waals surface area contributed by atoms with Gasteiger partial charge in [0.2, 0.25) is 0 Å². The largest absolute Gasteiger partial charge is 0.744 e. The van der Waals surface area contributed by atoms with Crippen molar-refractivity contribution >= 4 is 21.0 Å². The molecule has 0 unspecified atom stereocenters. The first-order chi connectivity index (χ1) is 11.2. The van der Waals surface area contributed by atoms with E-state index in [4.69, 9.17) is 9.78 Å². The lowest BCUT2D eigenvalue weighted by molar-refractivity contribution is -0.202. The molecule has 0 aliphatic rings. The second-order valence-corrected chi connectivity index (χ2v) is 8.53. The second kappa shape index (κ2) is 9.68. The van der Waals surface area contributed by atoms with Crippen LogP contribution >= 0.6 is 0 Å². The summed E-state index contributed by atoms with van der Waals surface area (Å²) in [6.07, 6.45) is 4.39. The van der Waals surface area contributed by atoms with Crippen molar-refractivity contribution in [3.8, 4) is 5.75 Å². The summed E-state index contributed by atoms with van der Waals surface area (Å²) in [6, 6.07) is 13.8. The molecule has 0 saturated carbocycles. The summed E-state index contributed by atoms with van der Waals surface area (Å²) in [7, 11) is -3.96. The molecule has 2 rings (SSSR count). The van der Waals surface area contributed by atoms with E-state index in [9.17, 15) is 13.0 Å². The van der Waals surface area contributed by atoms with Gasteiger partial charge < -0.3 is 9.44 Å². The Morgan fingerprint density at radius 1 is 1.00 bits per heavy atom. The van der Waals surface area contributed by atoms with Crippen LogP contribution in [0, 0.1) is 6.92 Å². The highest BCUT2D eigenvalue weighted by Gasteiger charge is 2.07. The van der Waals surface area contributed by atoms with Crippen LogP contribution in [0.5, 0.6) is 5.75 Å². The molecule has 0 amide bonds. The fourth-order valence-corrected chi connectivity index (χ4v) is 2.75. The van der Waals surface area contributed by atoms with Gasteiger partial charge in [-0.1, -0.05) is 17.7 Å². The van der Waals surface area contributed by atoms with Gasteiger partial charge in [0.1, 0.15) is 22.6 Å². The zero-order chi connectivity index (χ0) is 18.2. The number of benzene rings is 2. The average molecular weight is 370 g/mol. The summed E-state index contributed by atoms with van der Waals surface area (Å²) in [5.41, 5.74) is 0.928. The third-order valence-corrected chi connectivity index (χ3v) is 4.94. The first-order valence-corrected chi connectivity index (χ1v) is 10.7. The van der Waals surface area contributed by atoms with Gasteiger partial charge in [-0.2, -0.15) is 4.89 Å². The predicted molar refractivity (Wildman–Crippen MR) is 95.3 cm³/mol. The molecule has 0 saturated heterocycles. The molecular formula is C17H22O5S2. The maximum Gasteiger partial charge on any atom is 0.165 e. The van der Waals surface area contributed by atoms with Crippen LogP contribution in [0.4, 0.5) is 0 Å². The summed E-state index contributed by atoms with van der Waals surface area (Å²) in [5, 5.41) is 0. The minimum Gasteiger partial charge on any atom is -0.744 e. The van der Waals surface area contributed by atoms with Crippen LogP contribution in [0.2, 0.25) is 0 Å². The van der Waals surface area contributed by atoms with E-state index >= 15 is 0 Å². The summed E-state index contributed by atoms with van der Waals surface area (Å²) >= 11 is 0. The molecular weight excluding hydrogens is 348 g/mol. The lowest BCUT2D eigenvalue weighted by Crippen LogP contribution is -1.97. The van der Waals surface area contributed by atoms with Gasteiger partial charge in [-0.05, 0) is 50.2 Å². The SMILES string of the molecule is CCOOc1ccc([S+](C)C)cc1.Cc1ccc(S(=O)(=O)[O-])cc1. The van der Waals surface area contributed by atoms with E-state index in [-0.39, 0.29) is 4.90 Å². The molecule has 0 aromatic heterocycles. The molecule has 24 heavy (non-hydrogen) atoms. The van der Waals surface area contributed by atoms with Crippen molar-refractivity contribution < 1.29 is 22.7 Å². The van der Waals surface area contributed by atoms with Gasteiger partial charge in [-0.3, -0.25) is 0 Å². The van der Waals surface area contributed by atoms with Crippen LogP contribution in [-0.4, -0.2) is 32.1 Å². The molecule has 0 radical (unpaired) electrons. The van der Waals surface area contributed by atoms with E-state index < -0.39 is 10.1 Å². The Morgan fingerprint density at radius 3 is 1.96 bits per heavy atom. The van der Waals surface area contributed by atoms with Crippen molar-refractivity contribution in [1.82, 2.24) is 0 Å². The third-order valence-electron chi connectivity index (χ3n) is 2.88. The zero-order valence-corrected chi connectivity index (χ0v) is 15.8. The second-order valence-electron chi connectivity index (χ2n) is 5.04. The molecule has 132 valence electrons. The van der Waals surface area contributed by atoms with E-state index in [0.29, 0.717) is 17.5 Å². The normalized spacial score (nSPS) is 10.9. The molecule has 0 spiro atoms. The Balaban J connectivity index is 0.000000243. The minimum atomic E-state index is -4.27. The van der Waals surface area contributed by atoms with Crippen molar-refractivity contribution in [2.45, 2.75) is 23.6 Å². The highest BCUT2D eigenvalue weighted by Crippen LogP contribution is 2.15. The molecule has 0 aliphatic carbocycles. The Morgan fingerprint density at radius 2 is 1.54 bits per heavy atom. The van der Waals surface area contributed by atoms with Gasteiger partial charge in [0.15, 0.2) is 10.6 Å². The fraction of sp³-hybridized carbons (Fsp3) is 0.294. The third kappa shape index (κ3) is 7.35. The van der Waals surface area contributed by atoms with E-state index in [1.54, 1.807) is 12.1 Å². The lowest BCUT2D eigenvalue weighted by Gasteiger charge is -2.05.